The van der Waals surface area contributed by atoms with Crippen molar-refractivity contribution >= 4 is 23.2 Å². The number of alkyl halides is 5. The molecule has 0 atom stereocenters. The Bertz CT molecular complexity index is 1100. The molecule has 0 saturated carbocycles. The molecule has 0 aromatic carbocycles. The molecule has 4 heterocycles. The first-order valence-electron chi connectivity index (χ1n) is 9.09. The van der Waals surface area contributed by atoms with Crippen LogP contribution in [0.25, 0.3) is 5.65 Å². The Morgan fingerprint density at radius 3 is 2.53 bits per heavy atom. The summed E-state index contributed by atoms with van der Waals surface area (Å²) in [6, 6.07) is 0.839. The monoisotopic (exact) mass is 449 g/mol. The van der Waals surface area contributed by atoms with Gasteiger partial charge >= 0.3 is 6.18 Å². The summed E-state index contributed by atoms with van der Waals surface area (Å²) in [4.78, 5) is 9.74. The Labute approximate surface area is 172 Å². The van der Waals surface area contributed by atoms with Gasteiger partial charge in [0, 0.05) is 32.9 Å². The average Bonchev–Trinajstić information content (AvgIpc) is 3.32. The van der Waals surface area contributed by atoms with Crippen molar-refractivity contribution in [3.63, 3.8) is 0 Å². The summed E-state index contributed by atoms with van der Waals surface area (Å²) in [6.07, 6.45) is -4.41. The molecular weight excluding hydrogens is 433 g/mol. The van der Waals surface area contributed by atoms with Crippen molar-refractivity contribution in [1.29, 1.82) is 0 Å². The largest absolute Gasteiger partial charge is 0.420 e. The first kappa shape index (κ1) is 20.8. The zero-order chi connectivity index (χ0) is 21.8. The number of anilines is 1. The molecule has 0 spiro atoms. The Morgan fingerprint density at radius 2 is 1.90 bits per heavy atom. The smallest absolute Gasteiger partial charge is 0.333 e. The van der Waals surface area contributed by atoms with E-state index in [9.17, 15) is 22.0 Å². The quantitative estimate of drug-likeness (QED) is 0.571. The van der Waals surface area contributed by atoms with Gasteiger partial charge in [0.2, 0.25) is 5.95 Å². The van der Waals surface area contributed by atoms with Gasteiger partial charge in [-0.25, -0.2) is 18.3 Å². The van der Waals surface area contributed by atoms with Gasteiger partial charge in [0.25, 0.3) is 5.92 Å². The van der Waals surface area contributed by atoms with Crippen molar-refractivity contribution in [3.8, 4) is 0 Å². The summed E-state index contributed by atoms with van der Waals surface area (Å²) in [6.45, 7) is 1.27. The zero-order valence-electron chi connectivity index (χ0n) is 16.0. The maximum atomic E-state index is 13.4. The minimum Gasteiger partial charge on any atom is -0.333 e. The maximum absolute atomic E-state index is 13.4. The number of hydrogen-bond acceptors (Lipinski definition) is 5. The standard InChI is InChI=1S/C17H17ClF5N7/c1-9-11(18)7-10(17(21,22)23)14-24-12(26-30(9)14)3-4-13-25-15(27-28(13)2)29-6-5-16(19,20)8-29/h7H,3-6,8H2,1-2H3. The third kappa shape index (κ3) is 3.80. The molecular formula is C17H17ClF5N7. The number of hydrogen-bond donors (Lipinski definition) is 0. The van der Waals surface area contributed by atoms with Crippen LogP contribution in [0.15, 0.2) is 6.07 Å². The van der Waals surface area contributed by atoms with E-state index in [0.717, 1.165) is 10.6 Å². The number of aromatic nitrogens is 6. The van der Waals surface area contributed by atoms with Gasteiger partial charge in [0.1, 0.15) is 11.4 Å². The summed E-state index contributed by atoms with van der Waals surface area (Å²) < 4.78 is 69.4. The minimum atomic E-state index is -4.63. The van der Waals surface area contributed by atoms with E-state index in [1.807, 2.05) is 0 Å². The van der Waals surface area contributed by atoms with Crippen molar-refractivity contribution in [2.45, 2.75) is 38.3 Å². The second kappa shape index (κ2) is 7.03. The highest BCUT2D eigenvalue weighted by atomic mass is 35.5. The van der Waals surface area contributed by atoms with Crippen LogP contribution in [0, 0.1) is 6.92 Å². The van der Waals surface area contributed by atoms with Crippen LogP contribution >= 0.6 is 11.6 Å². The van der Waals surface area contributed by atoms with Crippen LogP contribution in [0.1, 0.15) is 29.3 Å². The Morgan fingerprint density at radius 1 is 1.17 bits per heavy atom. The number of aryl methyl sites for hydroxylation is 4. The van der Waals surface area contributed by atoms with Gasteiger partial charge < -0.3 is 4.90 Å². The Balaban J connectivity index is 1.57. The lowest BCUT2D eigenvalue weighted by atomic mass is 10.2. The van der Waals surface area contributed by atoms with Crippen molar-refractivity contribution in [1.82, 2.24) is 29.4 Å². The molecule has 0 aliphatic carbocycles. The topological polar surface area (TPSA) is 64.1 Å². The lowest BCUT2D eigenvalue weighted by Crippen LogP contribution is -2.25. The molecule has 162 valence electrons. The van der Waals surface area contributed by atoms with E-state index in [1.54, 1.807) is 14.0 Å². The van der Waals surface area contributed by atoms with E-state index in [1.165, 1.54) is 9.58 Å². The molecule has 4 rings (SSSR count). The third-order valence-electron chi connectivity index (χ3n) is 5.00. The number of fused-ring (bicyclic) bond motifs is 1. The van der Waals surface area contributed by atoms with E-state index >= 15 is 0 Å². The fraction of sp³-hybridized carbons (Fsp3) is 0.529. The fourth-order valence-electron chi connectivity index (χ4n) is 3.36. The SMILES string of the molecule is Cc1c(Cl)cc(C(F)(F)F)c2nc(CCc3nc(N4CCC(F)(F)C4)nn3C)nn12. The number of nitrogens with zero attached hydrogens (tertiary/aromatic N) is 7. The Kier molecular flexibility index (Phi) is 4.87. The molecule has 30 heavy (non-hydrogen) atoms. The van der Waals surface area contributed by atoms with Gasteiger partial charge in [0.05, 0.1) is 17.3 Å². The first-order valence-corrected chi connectivity index (χ1v) is 9.47. The van der Waals surface area contributed by atoms with Gasteiger partial charge in [-0.15, -0.1) is 5.10 Å². The highest BCUT2D eigenvalue weighted by Gasteiger charge is 2.40. The minimum absolute atomic E-state index is 0.0633. The molecule has 3 aromatic rings. The molecule has 0 radical (unpaired) electrons. The predicted molar refractivity (Wildman–Crippen MR) is 97.9 cm³/mol. The molecule has 3 aromatic heterocycles. The molecule has 0 amide bonds. The molecule has 13 heteroatoms. The van der Waals surface area contributed by atoms with Crippen molar-refractivity contribution in [2.24, 2.45) is 7.05 Å². The van der Waals surface area contributed by atoms with Crippen molar-refractivity contribution in [2.75, 3.05) is 18.0 Å². The lowest BCUT2D eigenvalue weighted by molar-refractivity contribution is -0.136. The van der Waals surface area contributed by atoms with Crippen LogP contribution < -0.4 is 4.90 Å². The normalized spacial score (nSPS) is 16.7. The molecule has 1 saturated heterocycles. The highest BCUT2D eigenvalue weighted by Crippen LogP contribution is 2.35. The zero-order valence-corrected chi connectivity index (χ0v) is 16.8. The van der Waals surface area contributed by atoms with Crippen molar-refractivity contribution < 1.29 is 22.0 Å². The summed E-state index contributed by atoms with van der Waals surface area (Å²) >= 11 is 5.92. The van der Waals surface area contributed by atoms with Crippen LogP contribution in [-0.4, -0.2) is 48.4 Å². The van der Waals surface area contributed by atoms with Gasteiger partial charge in [-0.05, 0) is 13.0 Å². The average molecular weight is 450 g/mol. The van der Waals surface area contributed by atoms with E-state index in [-0.39, 0.29) is 48.2 Å². The maximum Gasteiger partial charge on any atom is 0.420 e. The molecule has 0 N–H and O–H groups in total. The van der Waals surface area contributed by atoms with E-state index in [0.29, 0.717) is 11.5 Å². The fourth-order valence-corrected chi connectivity index (χ4v) is 3.55. The van der Waals surface area contributed by atoms with Crippen LogP contribution in [-0.2, 0) is 26.1 Å². The van der Waals surface area contributed by atoms with Crippen LogP contribution in [0.3, 0.4) is 0 Å². The number of pyridine rings is 1. The molecule has 1 fully saturated rings. The molecule has 7 nitrogen and oxygen atoms in total. The third-order valence-corrected chi connectivity index (χ3v) is 5.38. The lowest BCUT2D eigenvalue weighted by Gasteiger charge is -2.12. The number of rotatable bonds is 4. The summed E-state index contributed by atoms with van der Waals surface area (Å²) in [5, 5.41) is 8.26. The summed E-state index contributed by atoms with van der Waals surface area (Å²) in [5.74, 6) is -1.89. The highest BCUT2D eigenvalue weighted by molar-refractivity contribution is 6.31. The van der Waals surface area contributed by atoms with Gasteiger partial charge in [-0.3, -0.25) is 4.68 Å². The Hall–Kier alpha value is -2.50. The van der Waals surface area contributed by atoms with Crippen molar-refractivity contribution in [3.05, 3.63) is 34.0 Å². The predicted octanol–water partition coefficient (Wildman–Crippen LogP) is 3.47. The van der Waals surface area contributed by atoms with Crippen LogP contribution in [0.4, 0.5) is 27.9 Å². The summed E-state index contributed by atoms with van der Waals surface area (Å²) in [5.41, 5.74) is -0.945. The number of halogens is 6. The summed E-state index contributed by atoms with van der Waals surface area (Å²) in [7, 11) is 1.63. The van der Waals surface area contributed by atoms with E-state index < -0.39 is 24.2 Å². The van der Waals surface area contributed by atoms with E-state index in [2.05, 4.69) is 20.2 Å². The first-order chi connectivity index (χ1) is 13.9. The van der Waals surface area contributed by atoms with E-state index in [4.69, 9.17) is 11.6 Å². The second-order valence-corrected chi connectivity index (χ2v) is 7.64. The molecule has 1 aliphatic heterocycles. The molecule has 0 bridgehead atoms. The van der Waals surface area contributed by atoms with Gasteiger partial charge in [-0.1, -0.05) is 11.6 Å². The van der Waals surface area contributed by atoms with Crippen LogP contribution in [0.5, 0.6) is 0 Å². The molecule has 1 aliphatic rings. The van der Waals surface area contributed by atoms with Gasteiger partial charge in [0.15, 0.2) is 11.5 Å². The van der Waals surface area contributed by atoms with Crippen LogP contribution in [0.2, 0.25) is 5.02 Å². The second-order valence-electron chi connectivity index (χ2n) is 7.23. The molecule has 0 unspecified atom stereocenters. The van der Waals surface area contributed by atoms with Gasteiger partial charge in [-0.2, -0.15) is 23.3 Å².